The van der Waals surface area contributed by atoms with Gasteiger partial charge in [-0.2, -0.15) is 0 Å². The standard InChI is InChI=1S/C14H16FNO4/c1-14(13(18)19)6-3-7-16(14)12(17)10-8-9(15)4-5-11(10)20-2/h4-5,8H,3,6-7H2,1-2H3,(H,18,19)/t14-/m1/s1. The number of amides is 1. The van der Waals surface area contributed by atoms with Crippen LogP contribution in [0.25, 0.3) is 0 Å². The molecule has 5 nitrogen and oxygen atoms in total. The maximum absolute atomic E-state index is 13.3. The number of hydrogen-bond acceptors (Lipinski definition) is 3. The highest BCUT2D eigenvalue weighted by Crippen LogP contribution is 2.32. The van der Waals surface area contributed by atoms with Crippen molar-refractivity contribution in [2.45, 2.75) is 25.3 Å². The van der Waals surface area contributed by atoms with Crippen LogP contribution in [0.4, 0.5) is 4.39 Å². The molecule has 1 heterocycles. The second-order valence-electron chi connectivity index (χ2n) is 4.98. The molecule has 1 aliphatic heterocycles. The average Bonchev–Trinajstić information content (AvgIpc) is 2.81. The quantitative estimate of drug-likeness (QED) is 0.919. The molecule has 0 aliphatic carbocycles. The maximum atomic E-state index is 13.3. The van der Waals surface area contributed by atoms with Crippen molar-refractivity contribution in [2.24, 2.45) is 0 Å². The van der Waals surface area contributed by atoms with Crippen molar-refractivity contribution < 1.29 is 23.8 Å². The number of nitrogens with zero attached hydrogens (tertiary/aromatic N) is 1. The number of halogens is 1. The SMILES string of the molecule is COc1ccc(F)cc1C(=O)N1CCC[C@]1(C)C(=O)O. The third-order valence-electron chi connectivity index (χ3n) is 3.74. The van der Waals surface area contributed by atoms with E-state index in [0.29, 0.717) is 19.4 Å². The van der Waals surface area contributed by atoms with E-state index in [1.807, 2.05) is 0 Å². The van der Waals surface area contributed by atoms with Gasteiger partial charge in [-0.1, -0.05) is 0 Å². The number of ether oxygens (including phenoxy) is 1. The molecule has 6 heteroatoms. The van der Waals surface area contributed by atoms with Gasteiger partial charge in [-0.25, -0.2) is 9.18 Å². The molecule has 1 amide bonds. The van der Waals surface area contributed by atoms with Crippen LogP contribution in [-0.2, 0) is 4.79 Å². The molecule has 2 rings (SSSR count). The van der Waals surface area contributed by atoms with Crippen LogP contribution in [0.1, 0.15) is 30.1 Å². The molecule has 108 valence electrons. The third-order valence-corrected chi connectivity index (χ3v) is 3.74. The summed E-state index contributed by atoms with van der Waals surface area (Å²) >= 11 is 0. The zero-order valence-electron chi connectivity index (χ0n) is 11.4. The number of aliphatic carboxylic acids is 1. The lowest BCUT2D eigenvalue weighted by Crippen LogP contribution is -2.50. The molecule has 1 fully saturated rings. The minimum atomic E-state index is -1.26. The van der Waals surface area contributed by atoms with E-state index in [4.69, 9.17) is 4.74 Å². The van der Waals surface area contributed by atoms with Crippen LogP contribution in [0.3, 0.4) is 0 Å². The molecule has 0 radical (unpaired) electrons. The van der Waals surface area contributed by atoms with Gasteiger partial charge < -0.3 is 14.7 Å². The van der Waals surface area contributed by atoms with Crippen LogP contribution in [0.2, 0.25) is 0 Å². The number of carboxylic acids is 1. The van der Waals surface area contributed by atoms with Crippen LogP contribution in [0.5, 0.6) is 5.75 Å². The number of carboxylic acid groups (broad SMARTS) is 1. The van der Waals surface area contributed by atoms with E-state index in [9.17, 15) is 19.1 Å². The molecule has 1 N–H and O–H groups in total. The summed E-state index contributed by atoms with van der Waals surface area (Å²) in [4.78, 5) is 25.2. The Morgan fingerprint density at radius 2 is 2.15 bits per heavy atom. The van der Waals surface area contributed by atoms with Gasteiger partial charge in [0.1, 0.15) is 17.1 Å². The van der Waals surface area contributed by atoms with Crippen LogP contribution in [-0.4, -0.2) is 41.1 Å². The first-order chi connectivity index (χ1) is 9.40. The Kier molecular flexibility index (Phi) is 3.65. The lowest BCUT2D eigenvalue weighted by atomic mass is 9.98. The molecule has 20 heavy (non-hydrogen) atoms. The van der Waals surface area contributed by atoms with Crippen LogP contribution >= 0.6 is 0 Å². The summed E-state index contributed by atoms with van der Waals surface area (Å²) in [5, 5.41) is 9.32. The van der Waals surface area contributed by atoms with Gasteiger partial charge >= 0.3 is 5.97 Å². The van der Waals surface area contributed by atoms with Gasteiger partial charge in [-0.05, 0) is 38.0 Å². The molecule has 1 aromatic rings. The summed E-state index contributed by atoms with van der Waals surface area (Å²) in [6.45, 7) is 1.84. The Morgan fingerprint density at radius 1 is 1.45 bits per heavy atom. The fourth-order valence-electron chi connectivity index (χ4n) is 2.50. The molecular formula is C14H16FNO4. The highest BCUT2D eigenvalue weighted by molar-refractivity contribution is 6.00. The second kappa shape index (κ2) is 5.11. The molecule has 0 saturated carbocycles. The Labute approximate surface area is 116 Å². The Hall–Kier alpha value is -2.11. The molecule has 0 unspecified atom stereocenters. The lowest BCUT2D eigenvalue weighted by Gasteiger charge is -2.31. The number of hydrogen-bond donors (Lipinski definition) is 1. The molecule has 0 aromatic heterocycles. The van der Waals surface area contributed by atoms with E-state index in [1.165, 1.54) is 31.1 Å². The summed E-state index contributed by atoms with van der Waals surface area (Å²) < 4.78 is 18.4. The van der Waals surface area contributed by atoms with E-state index < -0.39 is 23.2 Å². The highest BCUT2D eigenvalue weighted by atomic mass is 19.1. The fraction of sp³-hybridized carbons (Fsp3) is 0.429. The smallest absolute Gasteiger partial charge is 0.329 e. The van der Waals surface area contributed by atoms with Crippen molar-refractivity contribution in [3.63, 3.8) is 0 Å². The topological polar surface area (TPSA) is 66.8 Å². The minimum absolute atomic E-state index is 0.0434. The molecule has 1 saturated heterocycles. The first-order valence-electron chi connectivity index (χ1n) is 6.29. The van der Waals surface area contributed by atoms with E-state index in [0.717, 1.165) is 6.07 Å². The first kappa shape index (κ1) is 14.3. The van der Waals surface area contributed by atoms with Crippen LogP contribution in [0, 0.1) is 5.82 Å². The Bertz CT molecular complexity index is 560. The van der Waals surface area contributed by atoms with E-state index >= 15 is 0 Å². The predicted octanol–water partition coefficient (Wildman–Crippen LogP) is 1.91. The fourth-order valence-corrected chi connectivity index (χ4v) is 2.50. The molecule has 1 aromatic carbocycles. The largest absolute Gasteiger partial charge is 0.496 e. The van der Waals surface area contributed by atoms with Gasteiger partial charge in [0, 0.05) is 6.54 Å². The van der Waals surface area contributed by atoms with E-state index in [1.54, 1.807) is 0 Å². The zero-order chi connectivity index (χ0) is 14.9. The summed E-state index contributed by atoms with van der Waals surface area (Å²) in [5.74, 6) is -1.91. The van der Waals surface area contributed by atoms with Crippen molar-refractivity contribution in [1.82, 2.24) is 4.90 Å². The van der Waals surface area contributed by atoms with Crippen molar-refractivity contribution in [3.8, 4) is 5.75 Å². The Morgan fingerprint density at radius 3 is 2.75 bits per heavy atom. The van der Waals surface area contributed by atoms with E-state index in [2.05, 4.69) is 0 Å². The predicted molar refractivity (Wildman–Crippen MR) is 69.3 cm³/mol. The third kappa shape index (κ3) is 2.21. The van der Waals surface area contributed by atoms with Crippen molar-refractivity contribution >= 4 is 11.9 Å². The number of carbonyl (C=O) groups excluding carboxylic acids is 1. The maximum Gasteiger partial charge on any atom is 0.329 e. The van der Waals surface area contributed by atoms with Crippen molar-refractivity contribution in [3.05, 3.63) is 29.6 Å². The summed E-state index contributed by atoms with van der Waals surface area (Å²) in [6.07, 6.45) is 0.984. The van der Waals surface area contributed by atoms with E-state index in [-0.39, 0.29) is 11.3 Å². The molecule has 0 spiro atoms. The lowest BCUT2D eigenvalue weighted by molar-refractivity contribution is -0.147. The molecular weight excluding hydrogens is 265 g/mol. The number of rotatable bonds is 3. The summed E-state index contributed by atoms with van der Waals surface area (Å²) in [6, 6.07) is 3.62. The number of benzene rings is 1. The van der Waals surface area contributed by atoms with Gasteiger partial charge in [0.25, 0.3) is 5.91 Å². The van der Waals surface area contributed by atoms with Crippen molar-refractivity contribution in [1.29, 1.82) is 0 Å². The Balaban J connectivity index is 2.41. The monoisotopic (exact) mass is 281 g/mol. The number of methoxy groups -OCH3 is 1. The summed E-state index contributed by atoms with van der Waals surface area (Å²) in [7, 11) is 1.38. The normalized spacial score (nSPS) is 21.9. The number of likely N-dealkylation sites (tertiary alicyclic amines) is 1. The van der Waals surface area contributed by atoms with Gasteiger partial charge in [-0.15, -0.1) is 0 Å². The minimum Gasteiger partial charge on any atom is -0.496 e. The van der Waals surface area contributed by atoms with Crippen LogP contribution < -0.4 is 4.74 Å². The molecule has 1 aliphatic rings. The van der Waals surface area contributed by atoms with Gasteiger partial charge in [0.05, 0.1) is 12.7 Å². The van der Waals surface area contributed by atoms with Gasteiger partial charge in [-0.3, -0.25) is 4.79 Å². The van der Waals surface area contributed by atoms with Gasteiger partial charge in [0.2, 0.25) is 0 Å². The zero-order valence-corrected chi connectivity index (χ0v) is 11.4. The first-order valence-corrected chi connectivity index (χ1v) is 6.29. The number of carbonyl (C=O) groups is 2. The van der Waals surface area contributed by atoms with Crippen LogP contribution in [0.15, 0.2) is 18.2 Å². The van der Waals surface area contributed by atoms with Gasteiger partial charge in [0.15, 0.2) is 0 Å². The average molecular weight is 281 g/mol. The summed E-state index contributed by atoms with van der Waals surface area (Å²) in [5.41, 5.74) is -1.21. The van der Waals surface area contributed by atoms with Crippen molar-refractivity contribution in [2.75, 3.05) is 13.7 Å². The molecule has 1 atom stereocenters. The molecule has 0 bridgehead atoms. The highest BCUT2D eigenvalue weighted by Gasteiger charge is 2.46. The second-order valence-corrected chi connectivity index (χ2v) is 4.98.